The lowest BCUT2D eigenvalue weighted by atomic mass is 10.1. The molecule has 4 fully saturated rings. The van der Waals surface area contributed by atoms with E-state index in [2.05, 4.69) is 142 Å². The zero-order chi connectivity index (χ0) is 60.5. The van der Waals surface area contributed by atoms with Gasteiger partial charge in [-0.05, 0) is 96.2 Å². The summed E-state index contributed by atoms with van der Waals surface area (Å²) in [6.45, 7) is 37.4. The maximum atomic E-state index is 13.6. The smallest absolute Gasteiger partial charge is 0.407 e. The summed E-state index contributed by atoms with van der Waals surface area (Å²) in [7, 11) is -12.2. The maximum absolute atomic E-state index is 13.6. The van der Waals surface area contributed by atoms with Gasteiger partial charge in [0.25, 0.3) is 11.1 Å². The number of hydrogen-bond donors (Lipinski definition) is 6. The average molecular weight is 1230 g/mol. The van der Waals surface area contributed by atoms with Crippen LogP contribution in [-0.4, -0.2) is 155 Å². The molecular formula is C54H98N8O16Si4. The Morgan fingerprint density at radius 1 is 0.500 bits per heavy atom. The number of carbonyl (C=O) groups excluding carboxylic acids is 2. The number of aromatic amines is 2. The van der Waals surface area contributed by atoms with Crippen molar-refractivity contribution in [3.05, 3.63) is 66.2 Å². The molecule has 6 rings (SSSR count). The summed E-state index contributed by atoms with van der Waals surface area (Å²) < 4.78 is 70.8. The van der Waals surface area contributed by atoms with Crippen LogP contribution in [0.2, 0.25) is 44.3 Å². The van der Waals surface area contributed by atoms with Gasteiger partial charge in [0.15, 0.2) is 24.7 Å². The molecule has 4 aliphatic heterocycles. The number of alkyl carbamates (subject to hydrolysis) is 2. The van der Waals surface area contributed by atoms with Crippen molar-refractivity contribution < 1.29 is 54.5 Å². The summed E-state index contributed by atoms with van der Waals surface area (Å²) in [5.74, 6) is 0. The number of fused-ring (bicyclic) bond motifs is 2. The van der Waals surface area contributed by atoms with Crippen LogP contribution in [-0.2, 0) is 44.9 Å². The third-order valence-corrected chi connectivity index (χ3v) is 37.0. The number of H-pyrrole nitrogens is 2. The van der Waals surface area contributed by atoms with Gasteiger partial charge in [-0.1, -0.05) is 111 Å². The molecule has 6 N–H and O–H groups in total. The van der Waals surface area contributed by atoms with Gasteiger partial charge in [0.05, 0.1) is 13.2 Å². The number of amides is 2. The number of nitrogens with one attached hydrogen (secondary N) is 6. The van der Waals surface area contributed by atoms with Crippen molar-refractivity contribution in [3.63, 3.8) is 0 Å². The maximum Gasteiger partial charge on any atom is 0.407 e. The van der Waals surface area contributed by atoms with Gasteiger partial charge in [-0.2, -0.15) is 0 Å². The molecule has 0 radical (unpaired) electrons. The third-order valence-electron chi connectivity index (χ3n) is 16.5. The summed E-state index contributed by atoms with van der Waals surface area (Å²) in [5.41, 5.74) is -2.21. The molecule has 0 saturated carbocycles. The fraction of sp³-hybridized carbons (Fsp3) is 0.815. The molecule has 2 aromatic heterocycles. The lowest BCUT2D eigenvalue weighted by Gasteiger charge is -2.51. The van der Waals surface area contributed by atoms with Crippen molar-refractivity contribution in [2.24, 2.45) is 0 Å². The number of rotatable bonds is 25. The largest absolute Gasteiger partial charge is 0.439 e. The molecule has 4 saturated heterocycles. The second kappa shape index (κ2) is 29.2. The molecule has 82 heavy (non-hydrogen) atoms. The number of ether oxygens (including phenoxy) is 4. The summed E-state index contributed by atoms with van der Waals surface area (Å²) in [5, 5.41) is 12.6. The monoisotopic (exact) mass is 1230 g/mol. The van der Waals surface area contributed by atoms with E-state index in [0.29, 0.717) is 39.0 Å². The Labute approximate surface area is 487 Å². The van der Waals surface area contributed by atoms with Gasteiger partial charge in [-0.3, -0.25) is 28.7 Å². The average Bonchev–Trinajstić information content (AvgIpc) is 4.03. The molecule has 0 spiro atoms. The van der Waals surface area contributed by atoms with E-state index in [-0.39, 0.29) is 57.5 Å². The van der Waals surface area contributed by atoms with E-state index in [4.69, 9.17) is 44.9 Å². The summed E-state index contributed by atoms with van der Waals surface area (Å²) in [6, 6.07) is 2.45. The fourth-order valence-electron chi connectivity index (χ4n) is 12.1. The van der Waals surface area contributed by atoms with E-state index >= 15 is 0 Å². The van der Waals surface area contributed by atoms with E-state index in [1.54, 1.807) is 0 Å². The van der Waals surface area contributed by atoms with E-state index in [9.17, 15) is 28.8 Å². The van der Waals surface area contributed by atoms with Crippen molar-refractivity contribution in [1.29, 1.82) is 0 Å². The molecule has 24 nitrogen and oxygen atoms in total. The van der Waals surface area contributed by atoms with Crippen molar-refractivity contribution in [3.8, 4) is 0 Å². The molecule has 0 bridgehead atoms. The summed E-state index contributed by atoms with van der Waals surface area (Å²) in [6.07, 6.45) is -3.10. The number of unbranched alkanes of at least 4 members (excludes halogenated alkanes) is 1. The SMILES string of the molecule is CC(C)[Si]1(C(C)C)OC[C@H]2O[C@@H](n3ccc(=O)[nH]c3=O)[C@H](OC(=O)NCCCNCCCCNCCCNC(=O)O[C@@H]3[C@@H]4O[Si](C(C)C)(C(C)C)O[Si](C(C)C)(C(C)C)OC[C@H]4O[C@H]3n3ccc(=O)[nH]c3=O)[C@@H]2O[Si](C(C)C)(C(C)C)O1. The summed E-state index contributed by atoms with van der Waals surface area (Å²) >= 11 is 0. The number of nitrogens with zero attached hydrogens (tertiary/aromatic N) is 2. The first-order valence-electron chi connectivity index (χ1n) is 29.9. The highest BCUT2D eigenvalue weighted by Gasteiger charge is 2.65. The zero-order valence-electron chi connectivity index (χ0n) is 51.5. The minimum atomic E-state index is -3.17. The van der Waals surface area contributed by atoms with E-state index in [0.717, 1.165) is 25.9 Å². The topological polar surface area (TPSA) is 284 Å². The van der Waals surface area contributed by atoms with Gasteiger partial charge < -0.3 is 66.1 Å². The molecule has 2 aromatic rings. The van der Waals surface area contributed by atoms with E-state index in [1.807, 2.05) is 0 Å². The summed E-state index contributed by atoms with van der Waals surface area (Å²) in [4.78, 5) is 82.4. The van der Waals surface area contributed by atoms with Crippen LogP contribution < -0.4 is 43.8 Å². The second-order valence-electron chi connectivity index (χ2n) is 24.8. The molecule has 0 aromatic carbocycles. The lowest BCUT2D eigenvalue weighted by molar-refractivity contribution is -0.0609. The minimum absolute atomic E-state index is 0.0116. The number of hydrogen-bond acceptors (Lipinski definition) is 18. The minimum Gasteiger partial charge on any atom is -0.439 e. The first-order chi connectivity index (χ1) is 38.7. The van der Waals surface area contributed by atoms with Crippen molar-refractivity contribution in [1.82, 2.24) is 40.4 Å². The Morgan fingerprint density at radius 3 is 1.12 bits per heavy atom. The Morgan fingerprint density at radius 2 is 0.817 bits per heavy atom. The van der Waals surface area contributed by atoms with Crippen LogP contribution in [0.1, 0.15) is 149 Å². The van der Waals surface area contributed by atoms with Gasteiger partial charge in [0.1, 0.15) is 24.4 Å². The Hall–Kier alpha value is -3.63. The highest BCUT2D eigenvalue weighted by atomic mass is 28.5. The first-order valence-corrected chi connectivity index (χ1v) is 37.8. The molecule has 0 unspecified atom stereocenters. The zero-order valence-corrected chi connectivity index (χ0v) is 55.5. The van der Waals surface area contributed by atoms with Crippen molar-refractivity contribution >= 4 is 46.4 Å². The normalized spacial score (nSPS) is 26.0. The lowest BCUT2D eigenvalue weighted by Crippen LogP contribution is -2.66. The molecule has 6 heterocycles. The predicted molar refractivity (Wildman–Crippen MR) is 319 cm³/mol. The van der Waals surface area contributed by atoms with Crippen molar-refractivity contribution in [2.45, 2.75) is 230 Å². The number of aromatic nitrogens is 4. The second-order valence-corrected chi connectivity index (χ2v) is 42.5. The van der Waals surface area contributed by atoms with E-state index < -0.39 is 118 Å². The standard InChI is InChI=1S/C54H98N8O16Si4/c1-33(2)79(34(3)4)69-31-41-45(75-81(77-79,37(9)10)38(11)12)47(49(71-41)61-29-21-43(63)59-51(61)65)73-53(67)57-27-19-25-55-23-17-18-24-56-26-20-28-58-54(68)74-48-46-42(72-50(48)62-30-22-44(64)60-52(62)66)32-70-80(35(5)6,36(7)8)78-82(76-46,39(13)14)40(15)16/h21-22,29-30,33-42,45-50,55-56H,17-20,23-28,31-32H2,1-16H3,(H,57,67)(H,58,68)(H,59,63,65)(H,60,64,66)/t41-,42-,45-,46-,47-,48-,49-,50-/m1/s1. The highest BCUT2D eigenvalue weighted by molar-refractivity contribution is 6.84. The molecule has 4 aliphatic rings. The molecule has 466 valence electrons. The quantitative estimate of drug-likeness (QED) is 0.0444. The molecule has 8 atom stereocenters. The van der Waals surface area contributed by atoms with Gasteiger partial charge in [-0.25, -0.2) is 19.2 Å². The molecule has 28 heteroatoms. The van der Waals surface area contributed by atoms with Gasteiger partial charge in [0.2, 0.25) is 0 Å². The van der Waals surface area contributed by atoms with Crippen LogP contribution in [0.15, 0.2) is 43.7 Å². The molecular weight excluding hydrogens is 1130 g/mol. The van der Waals surface area contributed by atoms with Crippen LogP contribution >= 0.6 is 0 Å². The van der Waals surface area contributed by atoms with E-state index in [1.165, 1.54) is 33.7 Å². The third kappa shape index (κ3) is 15.1. The van der Waals surface area contributed by atoms with Gasteiger partial charge >= 0.3 is 57.8 Å². The van der Waals surface area contributed by atoms with Gasteiger partial charge in [0, 0.05) is 37.6 Å². The Kier molecular flexibility index (Phi) is 24.0. The van der Waals surface area contributed by atoms with Crippen molar-refractivity contribution in [2.75, 3.05) is 52.5 Å². The Bertz CT molecular complexity index is 2430. The van der Waals surface area contributed by atoms with Crippen LogP contribution in [0.4, 0.5) is 9.59 Å². The first kappa shape index (κ1) is 67.5. The number of carbonyl (C=O) groups is 2. The fourth-order valence-corrected chi connectivity index (χ4v) is 34.5. The van der Waals surface area contributed by atoms with Crippen LogP contribution in [0, 0.1) is 0 Å². The Balaban J connectivity index is 0.949. The molecule has 2 amide bonds. The van der Waals surface area contributed by atoms with Crippen LogP contribution in [0.5, 0.6) is 0 Å². The van der Waals surface area contributed by atoms with Crippen LogP contribution in [0.3, 0.4) is 0 Å². The van der Waals surface area contributed by atoms with Gasteiger partial charge in [-0.15, -0.1) is 0 Å². The highest BCUT2D eigenvalue weighted by Crippen LogP contribution is 2.51. The molecule has 0 aliphatic carbocycles. The predicted octanol–water partition coefficient (Wildman–Crippen LogP) is 6.72. The van der Waals surface area contributed by atoms with Crippen LogP contribution in [0.25, 0.3) is 0 Å².